The van der Waals surface area contributed by atoms with E-state index < -0.39 is 21.7 Å². The molecular formula is C21H22ClFN4O4S. The standard InChI is InChI=1S/C21H22ClFN4O4S/c1-12-9-27(5-4-13(12)10-28)32(30,31)15-7-16(20-19(8-15)24-11-25-20)21(29)26-14-2-3-18(23)17(22)6-14/h2-3,6-8,11-13,28H,4-5,9-10H2,1H3,(H,24,25)(H,26,29). The molecule has 1 aliphatic rings. The third-order valence-electron chi connectivity index (χ3n) is 5.84. The van der Waals surface area contributed by atoms with Crippen molar-refractivity contribution in [2.45, 2.75) is 18.2 Å². The van der Waals surface area contributed by atoms with Crippen LogP contribution in [-0.4, -0.2) is 53.4 Å². The summed E-state index contributed by atoms with van der Waals surface area (Å²) < 4.78 is 41.5. The number of piperidine rings is 1. The van der Waals surface area contributed by atoms with Crippen molar-refractivity contribution in [3.63, 3.8) is 0 Å². The van der Waals surface area contributed by atoms with Gasteiger partial charge in [-0.05, 0) is 48.6 Å². The number of anilines is 1. The van der Waals surface area contributed by atoms with Gasteiger partial charge >= 0.3 is 0 Å². The van der Waals surface area contributed by atoms with E-state index in [0.717, 1.165) is 6.07 Å². The lowest BCUT2D eigenvalue weighted by atomic mass is 9.89. The Morgan fingerprint density at radius 1 is 1.38 bits per heavy atom. The van der Waals surface area contributed by atoms with E-state index in [2.05, 4.69) is 15.3 Å². The number of hydrogen-bond donors (Lipinski definition) is 3. The maximum atomic E-state index is 13.4. The van der Waals surface area contributed by atoms with E-state index in [1.165, 1.54) is 34.9 Å². The molecule has 32 heavy (non-hydrogen) atoms. The Balaban J connectivity index is 1.68. The third kappa shape index (κ3) is 4.23. The van der Waals surface area contributed by atoms with Crippen molar-refractivity contribution in [2.24, 2.45) is 11.8 Å². The van der Waals surface area contributed by atoms with Crippen LogP contribution in [0.15, 0.2) is 41.6 Å². The number of imidazole rings is 1. The van der Waals surface area contributed by atoms with Crippen LogP contribution < -0.4 is 5.32 Å². The molecule has 0 aliphatic carbocycles. The second-order valence-electron chi connectivity index (χ2n) is 7.92. The summed E-state index contributed by atoms with van der Waals surface area (Å²) in [5.41, 5.74) is 1.02. The van der Waals surface area contributed by atoms with Crippen molar-refractivity contribution >= 4 is 44.3 Å². The molecule has 2 unspecified atom stereocenters. The van der Waals surface area contributed by atoms with Crippen LogP contribution in [0.4, 0.5) is 10.1 Å². The fraction of sp³-hybridized carbons (Fsp3) is 0.333. The van der Waals surface area contributed by atoms with Gasteiger partial charge in [0.2, 0.25) is 10.0 Å². The molecule has 1 amide bonds. The van der Waals surface area contributed by atoms with Gasteiger partial charge in [-0.15, -0.1) is 0 Å². The minimum atomic E-state index is -3.88. The normalized spacial score (nSPS) is 19.9. The van der Waals surface area contributed by atoms with Crippen LogP contribution in [0, 0.1) is 17.7 Å². The van der Waals surface area contributed by atoms with Crippen molar-refractivity contribution in [3.8, 4) is 0 Å². The summed E-state index contributed by atoms with van der Waals surface area (Å²) in [5, 5.41) is 11.9. The number of sulfonamides is 1. The number of carbonyl (C=O) groups is 1. The average Bonchev–Trinajstić information content (AvgIpc) is 3.24. The number of fused-ring (bicyclic) bond motifs is 1. The number of aliphatic hydroxyl groups is 1. The predicted octanol–water partition coefficient (Wildman–Crippen LogP) is 3.25. The number of aromatic amines is 1. The van der Waals surface area contributed by atoms with Gasteiger partial charge in [0.25, 0.3) is 5.91 Å². The van der Waals surface area contributed by atoms with Crippen LogP contribution in [0.2, 0.25) is 5.02 Å². The fourth-order valence-electron chi connectivity index (χ4n) is 3.91. The Labute approximate surface area is 189 Å². The van der Waals surface area contributed by atoms with E-state index in [4.69, 9.17) is 11.6 Å². The van der Waals surface area contributed by atoms with Crippen LogP contribution in [0.3, 0.4) is 0 Å². The highest BCUT2D eigenvalue weighted by atomic mass is 35.5. The maximum Gasteiger partial charge on any atom is 0.257 e. The summed E-state index contributed by atoms with van der Waals surface area (Å²) in [6.45, 7) is 2.50. The molecule has 0 saturated carbocycles. The van der Waals surface area contributed by atoms with Gasteiger partial charge in [-0.3, -0.25) is 4.79 Å². The number of nitrogens with zero attached hydrogens (tertiary/aromatic N) is 2. The average molecular weight is 481 g/mol. The Kier molecular flexibility index (Phi) is 6.22. The van der Waals surface area contributed by atoms with E-state index in [0.29, 0.717) is 17.5 Å². The molecule has 8 nitrogen and oxygen atoms in total. The number of aromatic nitrogens is 2. The molecule has 0 spiro atoms. The van der Waals surface area contributed by atoms with E-state index in [9.17, 15) is 22.7 Å². The predicted molar refractivity (Wildman–Crippen MR) is 119 cm³/mol. The van der Waals surface area contributed by atoms with Gasteiger partial charge in [0.1, 0.15) is 11.3 Å². The first kappa shape index (κ1) is 22.7. The van der Waals surface area contributed by atoms with E-state index in [1.807, 2.05) is 6.92 Å². The largest absolute Gasteiger partial charge is 0.396 e. The highest BCUT2D eigenvalue weighted by Crippen LogP contribution is 2.30. The number of H-pyrrole nitrogens is 1. The Morgan fingerprint density at radius 2 is 2.16 bits per heavy atom. The molecule has 2 atom stereocenters. The highest BCUT2D eigenvalue weighted by molar-refractivity contribution is 7.89. The highest BCUT2D eigenvalue weighted by Gasteiger charge is 2.34. The van der Waals surface area contributed by atoms with Gasteiger partial charge in [0, 0.05) is 25.4 Å². The number of amides is 1. The van der Waals surface area contributed by atoms with Crippen molar-refractivity contribution < 1.29 is 22.7 Å². The Bertz CT molecular complexity index is 1280. The first-order valence-corrected chi connectivity index (χ1v) is 11.9. The number of nitrogens with one attached hydrogen (secondary N) is 2. The molecule has 3 aromatic rings. The first-order valence-electron chi connectivity index (χ1n) is 10.0. The van der Waals surface area contributed by atoms with Gasteiger partial charge in [-0.2, -0.15) is 4.31 Å². The number of hydrogen-bond acceptors (Lipinski definition) is 5. The van der Waals surface area contributed by atoms with Crippen LogP contribution in [0.25, 0.3) is 11.0 Å². The molecule has 0 bridgehead atoms. The molecule has 2 aromatic carbocycles. The van der Waals surface area contributed by atoms with E-state index in [1.54, 1.807) is 0 Å². The summed E-state index contributed by atoms with van der Waals surface area (Å²) in [5.74, 6) is -1.16. The zero-order valence-electron chi connectivity index (χ0n) is 17.2. The second-order valence-corrected chi connectivity index (χ2v) is 10.3. The molecule has 4 rings (SSSR count). The molecule has 2 heterocycles. The third-order valence-corrected chi connectivity index (χ3v) is 7.97. The zero-order valence-corrected chi connectivity index (χ0v) is 18.8. The van der Waals surface area contributed by atoms with Gasteiger partial charge in [-0.1, -0.05) is 18.5 Å². The molecule has 1 aliphatic heterocycles. The molecule has 0 radical (unpaired) electrons. The lowest BCUT2D eigenvalue weighted by molar-refractivity contribution is 0.102. The van der Waals surface area contributed by atoms with Crippen molar-refractivity contribution in [1.82, 2.24) is 14.3 Å². The maximum absolute atomic E-state index is 13.4. The monoisotopic (exact) mass is 480 g/mol. The summed E-state index contributed by atoms with van der Waals surface area (Å²) in [4.78, 5) is 19.9. The Morgan fingerprint density at radius 3 is 2.84 bits per heavy atom. The zero-order chi connectivity index (χ0) is 23.0. The minimum Gasteiger partial charge on any atom is -0.396 e. The quantitative estimate of drug-likeness (QED) is 0.518. The van der Waals surface area contributed by atoms with E-state index >= 15 is 0 Å². The smallest absolute Gasteiger partial charge is 0.257 e. The summed E-state index contributed by atoms with van der Waals surface area (Å²) in [7, 11) is -3.88. The molecule has 1 fully saturated rings. The number of aliphatic hydroxyl groups excluding tert-OH is 1. The van der Waals surface area contributed by atoms with Gasteiger partial charge < -0.3 is 15.4 Å². The minimum absolute atomic E-state index is 0.00500. The molecule has 11 heteroatoms. The summed E-state index contributed by atoms with van der Waals surface area (Å²) in [6, 6.07) is 6.49. The molecule has 170 valence electrons. The fourth-order valence-corrected chi connectivity index (χ4v) is 5.70. The van der Waals surface area contributed by atoms with Crippen molar-refractivity contribution in [2.75, 3.05) is 25.0 Å². The Hall–Kier alpha value is -2.53. The van der Waals surface area contributed by atoms with E-state index in [-0.39, 0.29) is 52.7 Å². The van der Waals surface area contributed by atoms with Crippen LogP contribution in [0.1, 0.15) is 23.7 Å². The molecule has 3 N–H and O–H groups in total. The van der Waals surface area contributed by atoms with Gasteiger partial charge in [0.15, 0.2) is 0 Å². The van der Waals surface area contributed by atoms with Gasteiger partial charge in [-0.25, -0.2) is 17.8 Å². The van der Waals surface area contributed by atoms with Crippen molar-refractivity contribution in [1.29, 1.82) is 0 Å². The lowest BCUT2D eigenvalue weighted by Crippen LogP contribution is -2.43. The number of benzene rings is 2. The SMILES string of the molecule is CC1CN(S(=O)(=O)c2cc(C(=O)Nc3ccc(F)c(Cl)c3)c3nc[nH]c3c2)CCC1CO. The van der Waals surface area contributed by atoms with Crippen LogP contribution >= 0.6 is 11.6 Å². The molecule has 1 saturated heterocycles. The first-order chi connectivity index (χ1) is 15.2. The van der Waals surface area contributed by atoms with Crippen LogP contribution in [0.5, 0.6) is 0 Å². The lowest BCUT2D eigenvalue weighted by Gasteiger charge is -2.35. The topological polar surface area (TPSA) is 115 Å². The number of halogens is 2. The number of carbonyl (C=O) groups excluding carboxylic acids is 1. The van der Waals surface area contributed by atoms with Crippen molar-refractivity contribution in [3.05, 3.63) is 53.1 Å². The van der Waals surface area contributed by atoms with Crippen LogP contribution in [-0.2, 0) is 10.0 Å². The number of rotatable bonds is 5. The van der Waals surface area contributed by atoms with Gasteiger partial charge in [0.05, 0.1) is 27.3 Å². The molecule has 1 aromatic heterocycles. The second kappa shape index (κ2) is 8.78. The summed E-state index contributed by atoms with van der Waals surface area (Å²) >= 11 is 5.78. The molecular weight excluding hydrogens is 459 g/mol. The summed E-state index contributed by atoms with van der Waals surface area (Å²) in [6.07, 6.45) is 1.93.